The van der Waals surface area contributed by atoms with Gasteiger partial charge in [-0.3, -0.25) is 4.79 Å². The number of fused-ring (bicyclic) bond motifs is 1. The van der Waals surface area contributed by atoms with Crippen molar-refractivity contribution in [3.63, 3.8) is 0 Å². The zero-order valence-electron chi connectivity index (χ0n) is 17.6. The Balaban J connectivity index is 1.86. The number of hydrogen-bond acceptors (Lipinski definition) is 5. The first-order chi connectivity index (χ1) is 15.4. The van der Waals surface area contributed by atoms with Gasteiger partial charge in [-0.1, -0.05) is 6.07 Å². The van der Waals surface area contributed by atoms with Gasteiger partial charge >= 0.3 is 6.18 Å². The molecule has 0 spiro atoms. The largest absolute Gasteiger partial charge is 0.417 e. The van der Waals surface area contributed by atoms with E-state index < -0.39 is 21.6 Å². The van der Waals surface area contributed by atoms with E-state index in [0.29, 0.717) is 33.3 Å². The minimum Gasteiger partial charge on any atom is -0.357 e. The Morgan fingerprint density at radius 1 is 1.12 bits per heavy atom. The summed E-state index contributed by atoms with van der Waals surface area (Å²) in [6.45, 7) is 0. The van der Waals surface area contributed by atoms with E-state index in [-0.39, 0.29) is 17.1 Å². The van der Waals surface area contributed by atoms with Crippen LogP contribution in [0.25, 0.3) is 22.0 Å². The van der Waals surface area contributed by atoms with Gasteiger partial charge in [0.05, 0.1) is 11.3 Å². The Morgan fingerprint density at radius 2 is 1.88 bits per heavy atom. The topological polar surface area (TPSA) is 96.8 Å². The number of H-pyrrole nitrogens is 1. The molecule has 7 nitrogen and oxygen atoms in total. The number of anilines is 2. The minimum absolute atomic E-state index is 0.176. The molecule has 0 amide bonds. The summed E-state index contributed by atoms with van der Waals surface area (Å²) in [5.74, 6) is -0.0174. The quantitative estimate of drug-likeness (QED) is 0.449. The normalized spacial score (nSPS) is 12.3. The second-order valence-corrected chi connectivity index (χ2v) is 9.87. The lowest BCUT2D eigenvalue weighted by Gasteiger charge is -2.16. The number of aromatic nitrogens is 3. The lowest BCUT2D eigenvalue weighted by Crippen LogP contribution is -2.16. The zero-order chi connectivity index (χ0) is 24.0. The van der Waals surface area contributed by atoms with Gasteiger partial charge in [0.25, 0.3) is 5.56 Å². The van der Waals surface area contributed by atoms with Crippen LogP contribution >= 0.6 is 0 Å². The zero-order valence-corrected chi connectivity index (χ0v) is 18.4. The highest BCUT2D eigenvalue weighted by Gasteiger charge is 2.30. The Kier molecular flexibility index (Phi) is 5.52. The number of pyridine rings is 2. The Hall–Kier alpha value is -3.60. The molecule has 0 saturated heterocycles. The van der Waals surface area contributed by atoms with Gasteiger partial charge in [0.1, 0.15) is 11.3 Å². The number of hydrogen-bond donors (Lipinski definition) is 2. The maximum Gasteiger partial charge on any atom is 0.417 e. The molecular formula is C22H19F3N4O3S. The molecule has 0 bridgehead atoms. The van der Waals surface area contributed by atoms with E-state index in [9.17, 15) is 26.4 Å². The van der Waals surface area contributed by atoms with Crippen LogP contribution in [0.2, 0.25) is 0 Å². The average Bonchev–Trinajstić information content (AvgIpc) is 3.21. The van der Waals surface area contributed by atoms with Gasteiger partial charge in [0, 0.05) is 54.1 Å². The number of rotatable bonds is 5. The first kappa shape index (κ1) is 22.6. The Morgan fingerprint density at radius 3 is 2.52 bits per heavy atom. The van der Waals surface area contributed by atoms with Gasteiger partial charge in [-0.05, 0) is 35.9 Å². The van der Waals surface area contributed by atoms with Crippen LogP contribution in [0, 0.1) is 0 Å². The molecule has 0 atom stereocenters. The Bertz CT molecular complexity index is 1500. The molecule has 1 aromatic carbocycles. The summed E-state index contributed by atoms with van der Waals surface area (Å²) in [5, 5.41) is 3.63. The van der Waals surface area contributed by atoms with Crippen LogP contribution < -0.4 is 10.9 Å². The molecule has 0 aliphatic rings. The van der Waals surface area contributed by atoms with E-state index in [1.165, 1.54) is 10.6 Å². The molecule has 172 valence electrons. The van der Waals surface area contributed by atoms with Crippen LogP contribution in [0.1, 0.15) is 11.1 Å². The molecule has 0 unspecified atom stereocenters. The smallest absolute Gasteiger partial charge is 0.357 e. The number of halogens is 3. The van der Waals surface area contributed by atoms with Crippen LogP contribution in [0.5, 0.6) is 0 Å². The third-order valence-electron chi connectivity index (χ3n) is 5.05. The number of benzene rings is 1. The predicted molar refractivity (Wildman–Crippen MR) is 120 cm³/mol. The number of nitrogens with one attached hydrogen (secondary N) is 2. The van der Waals surface area contributed by atoms with Crippen LogP contribution in [-0.4, -0.2) is 29.2 Å². The SMILES string of the molecule is Cn1cc(-c2cc(CS(C)(=O)=O)ccc2Nc2ccc(C(F)(F)F)cn2)c2cc[nH]c2c1=O. The standard InChI is InChI=1S/C22H19F3N4O3S/c1-29-11-17(15-7-8-26-20(15)21(29)30)16-9-13(12-33(2,31)32)3-5-18(16)28-19-6-4-14(10-27-19)22(23,24)25/h3-11,26H,12H2,1-2H3,(H,27,28). The van der Waals surface area contributed by atoms with Crippen molar-refractivity contribution in [2.24, 2.45) is 7.05 Å². The molecule has 11 heteroatoms. The van der Waals surface area contributed by atoms with Gasteiger partial charge in [0.15, 0.2) is 9.84 Å². The molecule has 3 heterocycles. The molecule has 0 aliphatic carbocycles. The summed E-state index contributed by atoms with van der Waals surface area (Å²) in [7, 11) is -1.72. The molecule has 4 rings (SSSR count). The van der Waals surface area contributed by atoms with Gasteiger partial charge in [-0.2, -0.15) is 13.2 Å². The van der Waals surface area contributed by atoms with Crippen molar-refractivity contribution in [2.75, 3.05) is 11.6 Å². The van der Waals surface area contributed by atoms with E-state index in [0.717, 1.165) is 18.5 Å². The summed E-state index contributed by atoms with van der Waals surface area (Å²) in [6, 6.07) is 8.80. The molecule has 33 heavy (non-hydrogen) atoms. The molecule has 0 aliphatic heterocycles. The van der Waals surface area contributed by atoms with Crippen molar-refractivity contribution in [2.45, 2.75) is 11.9 Å². The average molecular weight is 476 g/mol. The highest BCUT2D eigenvalue weighted by Crippen LogP contribution is 2.35. The predicted octanol–water partition coefficient (Wildman–Crippen LogP) is 4.24. The Labute approximate surface area is 186 Å². The van der Waals surface area contributed by atoms with Crippen LogP contribution in [0.15, 0.2) is 59.8 Å². The third-order valence-corrected chi connectivity index (χ3v) is 5.91. The fourth-order valence-electron chi connectivity index (χ4n) is 3.57. The maximum atomic E-state index is 12.9. The molecule has 0 fully saturated rings. The van der Waals surface area contributed by atoms with Gasteiger partial charge < -0.3 is 14.9 Å². The van der Waals surface area contributed by atoms with Crippen LogP contribution in [-0.2, 0) is 28.8 Å². The number of aromatic amines is 1. The third kappa shape index (κ3) is 4.77. The lowest BCUT2D eigenvalue weighted by molar-refractivity contribution is -0.137. The van der Waals surface area contributed by atoms with Gasteiger partial charge in [0.2, 0.25) is 0 Å². The van der Waals surface area contributed by atoms with E-state index in [1.54, 1.807) is 43.7 Å². The highest BCUT2D eigenvalue weighted by molar-refractivity contribution is 7.89. The van der Waals surface area contributed by atoms with Crippen molar-refractivity contribution >= 4 is 32.2 Å². The minimum atomic E-state index is -4.50. The molecule has 0 radical (unpaired) electrons. The van der Waals surface area contributed by atoms with E-state index in [4.69, 9.17) is 0 Å². The summed E-state index contributed by atoms with van der Waals surface area (Å²) in [5.41, 5.74) is 1.49. The van der Waals surface area contributed by atoms with Crippen molar-refractivity contribution < 1.29 is 21.6 Å². The summed E-state index contributed by atoms with van der Waals surface area (Å²) in [6.07, 6.45) is 0.612. The first-order valence-electron chi connectivity index (χ1n) is 9.70. The number of sulfone groups is 1. The molecule has 0 saturated carbocycles. The summed E-state index contributed by atoms with van der Waals surface area (Å²) < 4.78 is 63.7. The maximum absolute atomic E-state index is 12.9. The molecular weight excluding hydrogens is 457 g/mol. The van der Waals surface area contributed by atoms with Crippen LogP contribution in [0.4, 0.5) is 24.7 Å². The fourth-order valence-corrected chi connectivity index (χ4v) is 4.36. The summed E-state index contributed by atoms with van der Waals surface area (Å²) >= 11 is 0. The molecule has 4 aromatic rings. The highest BCUT2D eigenvalue weighted by atomic mass is 32.2. The van der Waals surface area contributed by atoms with Crippen molar-refractivity contribution in [1.29, 1.82) is 0 Å². The number of aryl methyl sites for hydroxylation is 1. The van der Waals surface area contributed by atoms with E-state index >= 15 is 0 Å². The first-order valence-corrected chi connectivity index (χ1v) is 11.8. The molecule has 2 N–H and O–H groups in total. The van der Waals surface area contributed by atoms with Gasteiger partial charge in [-0.15, -0.1) is 0 Å². The number of alkyl halides is 3. The van der Waals surface area contributed by atoms with Gasteiger partial charge in [-0.25, -0.2) is 13.4 Å². The van der Waals surface area contributed by atoms with Crippen molar-refractivity contribution in [3.8, 4) is 11.1 Å². The van der Waals surface area contributed by atoms with E-state index in [2.05, 4.69) is 15.3 Å². The lowest BCUT2D eigenvalue weighted by atomic mass is 9.99. The fraction of sp³-hybridized carbons (Fsp3) is 0.182. The van der Waals surface area contributed by atoms with Crippen LogP contribution in [0.3, 0.4) is 0 Å². The van der Waals surface area contributed by atoms with Crippen molar-refractivity contribution in [3.05, 3.63) is 76.5 Å². The molecule has 3 aromatic heterocycles. The van der Waals surface area contributed by atoms with Crippen molar-refractivity contribution in [1.82, 2.24) is 14.5 Å². The summed E-state index contributed by atoms with van der Waals surface area (Å²) in [4.78, 5) is 19.2. The monoisotopic (exact) mass is 476 g/mol. The second-order valence-electron chi connectivity index (χ2n) is 7.73. The second kappa shape index (κ2) is 8.07. The number of nitrogens with zero attached hydrogens (tertiary/aromatic N) is 2. The van der Waals surface area contributed by atoms with E-state index in [1.807, 2.05) is 0 Å².